The number of rotatable bonds is 2. The molecule has 1 saturated carbocycles. The topological polar surface area (TPSA) is 72.6 Å². The number of carbonyl (C=O) groups is 2. The van der Waals surface area contributed by atoms with Gasteiger partial charge in [0.1, 0.15) is 6.04 Å². The van der Waals surface area contributed by atoms with Gasteiger partial charge < -0.3 is 15.4 Å². The second-order valence-corrected chi connectivity index (χ2v) is 5.75. The summed E-state index contributed by atoms with van der Waals surface area (Å²) in [4.78, 5) is 26.2. The van der Waals surface area contributed by atoms with Crippen molar-refractivity contribution in [3.8, 4) is 0 Å². The first-order valence-electron chi connectivity index (χ1n) is 7.26. The summed E-state index contributed by atoms with van der Waals surface area (Å²) in [7, 11) is 1.37. The van der Waals surface area contributed by atoms with E-state index in [0.29, 0.717) is 13.0 Å². The van der Waals surface area contributed by atoms with Gasteiger partial charge in [-0.15, -0.1) is 0 Å². The Kier molecular flexibility index (Phi) is 4.45. The van der Waals surface area contributed by atoms with Crippen molar-refractivity contribution in [1.29, 1.82) is 0 Å². The number of carbonyl (C=O) groups excluding carboxylic acids is 2. The zero-order valence-electron chi connectivity index (χ0n) is 11.7. The lowest BCUT2D eigenvalue weighted by atomic mass is 9.80. The Bertz CT molecular complexity index is 351. The molecule has 1 heterocycles. The molecule has 1 aliphatic carbocycles. The molecule has 5 heteroatoms. The van der Waals surface area contributed by atoms with Crippen LogP contribution in [-0.4, -0.2) is 42.0 Å². The number of methoxy groups -OCH3 is 1. The summed E-state index contributed by atoms with van der Waals surface area (Å²) < 4.78 is 4.82. The van der Waals surface area contributed by atoms with Crippen molar-refractivity contribution in [3.63, 3.8) is 0 Å². The molecule has 0 spiro atoms. The highest BCUT2D eigenvalue weighted by molar-refractivity contribution is 5.90. The van der Waals surface area contributed by atoms with E-state index in [-0.39, 0.29) is 11.9 Å². The molecule has 5 nitrogen and oxygen atoms in total. The zero-order chi connectivity index (χ0) is 13.9. The van der Waals surface area contributed by atoms with Crippen molar-refractivity contribution in [2.75, 3.05) is 13.7 Å². The Morgan fingerprint density at radius 3 is 2.47 bits per heavy atom. The van der Waals surface area contributed by atoms with E-state index in [9.17, 15) is 9.59 Å². The summed E-state index contributed by atoms with van der Waals surface area (Å²) in [5.41, 5.74) is 5.53. The van der Waals surface area contributed by atoms with Crippen LogP contribution in [-0.2, 0) is 14.3 Å². The fourth-order valence-corrected chi connectivity index (χ4v) is 3.24. The first kappa shape index (κ1) is 14.3. The van der Waals surface area contributed by atoms with Gasteiger partial charge in [-0.05, 0) is 32.1 Å². The van der Waals surface area contributed by atoms with Gasteiger partial charge in [-0.2, -0.15) is 0 Å². The molecule has 0 radical (unpaired) electrons. The lowest BCUT2D eigenvalue weighted by Crippen LogP contribution is -2.61. The van der Waals surface area contributed by atoms with Crippen molar-refractivity contribution in [2.24, 2.45) is 5.73 Å². The van der Waals surface area contributed by atoms with E-state index in [2.05, 4.69) is 0 Å². The van der Waals surface area contributed by atoms with Crippen LogP contribution in [0.2, 0.25) is 0 Å². The maximum atomic E-state index is 12.7. The molecule has 0 aromatic carbocycles. The third-order valence-corrected chi connectivity index (χ3v) is 4.41. The van der Waals surface area contributed by atoms with Crippen LogP contribution in [0.1, 0.15) is 51.4 Å². The lowest BCUT2D eigenvalue weighted by Gasteiger charge is -2.41. The van der Waals surface area contributed by atoms with Crippen molar-refractivity contribution >= 4 is 11.9 Å². The molecule has 1 amide bonds. The minimum absolute atomic E-state index is 0.0534. The van der Waals surface area contributed by atoms with Crippen LogP contribution >= 0.6 is 0 Å². The summed E-state index contributed by atoms with van der Waals surface area (Å²) in [5.74, 6) is -0.366. The van der Waals surface area contributed by atoms with Crippen LogP contribution in [0.25, 0.3) is 0 Å². The molecule has 108 valence electrons. The van der Waals surface area contributed by atoms with E-state index in [4.69, 9.17) is 10.5 Å². The minimum Gasteiger partial charge on any atom is -0.467 e. The van der Waals surface area contributed by atoms with Crippen LogP contribution in [0.4, 0.5) is 0 Å². The molecular weight excluding hydrogens is 244 g/mol. The van der Waals surface area contributed by atoms with Crippen molar-refractivity contribution in [3.05, 3.63) is 0 Å². The molecule has 0 aromatic heterocycles. The fraction of sp³-hybridized carbons (Fsp3) is 0.857. The SMILES string of the molecule is COC(=O)C1CCCCN1C(=O)C1(N)CCCCC1. The van der Waals surface area contributed by atoms with Gasteiger partial charge in [0.05, 0.1) is 12.6 Å². The van der Waals surface area contributed by atoms with E-state index in [1.54, 1.807) is 4.90 Å². The number of piperidine rings is 1. The Balaban J connectivity index is 2.12. The molecule has 2 aliphatic rings. The number of amides is 1. The third-order valence-electron chi connectivity index (χ3n) is 4.41. The quantitative estimate of drug-likeness (QED) is 0.764. The molecule has 2 fully saturated rings. The van der Waals surface area contributed by atoms with E-state index >= 15 is 0 Å². The van der Waals surface area contributed by atoms with Gasteiger partial charge in [-0.1, -0.05) is 19.3 Å². The average Bonchev–Trinajstić information content (AvgIpc) is 2.46. The number of nitrogens with zero attached hydrogens (tertiary/aromatic N) is 1. The fourth-order valence-electron chi connectivity index (χ4n) is 3.24. The number of nitrogens with two attached hydrogens (primary N) is 1. The molecule has 1 aliphatic heterocycles. The van der Waals surface area contributed by atoms with E-state index in [1.165, 1.54) is 7.11 Å². The maximum absolute atomic E-state index is 12.7. The first-order chi connectivity index (χ1) is 9.08. The van der Waals surface area contributed by atoms with E-state index in [1.807, 2.05) is 0 Å². The lowest BCUT2D eigenvalue weighted by molar-refractivity contribution is -0.157. The molecule has 1 atom stereocenters. The molecule has 19 heavy (non-hydrogen) atoms. The molecule has 0 bridgehead atoms. The Morgan fingerprint density at radius 2 is 1.84 bits per heavy atom. The normalized spacial score (nSPS) is 26.8. The number of ether oxygens (including phenoxy) is 1. The summed E-state index contributed by atoms with van der Waals surface area (Å²) in [5, 5.41) is 0. The molecule has 2 rings (SSSR count). The number of hydrogen-bond donors (Lipinski definition) is 1. The van der Waals surface area contributed by atoms with Gasteiger partial charge in [-0.3, -0.25) is 4.79 Å². The molecular formula is C14H24N2O3. The zero-order valence-corrected chi connectivity index (χ0v) is 11.7. The number of likely N-dealkylation sites (tertiary alicyclic amines) is 1. The van der Waals surface area contributed by atoms with Crippen molar-refractivity contribution < 1.29 is 14.3 Å². The third kappa shape index (κ3) is 2.91. The summed E-state index contributed by atoms with van der Waals surface area (Å²) >= 11 is 0. The number of hydrogen-bond acceptors (Lipinski definition) is 4. The van der Waals surface area contributed by atoms with Gasteiger partial charge in [0.2, 0.25) is 5.91 Å². The van der Waals surface area contributed by atoms with Crippen LogP contribution < -0.4 is 5.73 Å². The van der Waals surface area contributed by atoms with E-state index in [0.717, 1.165) is 44.9 Å². The Morgan fingerprint density at radius 1 is 1.16 bits per heavy atom. The molecule has 1 unspecified atom stereocenters. The maximum Gasteiger partial charge on any atom is 0.328 e. The Labute approximate surface area is 114 Å². The van der Waals surface area contributed by atoms with Gasteiger partial charge in [0, 0.05) is 6.54 Å². The highest BCUT2D eigenvalue weighted by Crippen LogP contribution is 2.30. The van der Waals surface area contributed by atoms with Gasteiger partial charge in [0.25, 0.3) is 0 Å². The van der Waals surface area contributed by atoms with Gasteiger partial charge >= 0.3 is 5.97 Å². The van der Waals surface area contributed by atoms with Crippen LogP contribution in [0, 0.1) is 0 Å². The largest absolute Gasteiger partial charge is 0.467 e. The molecule has 2 N–H and O–H groups in total. The van der Waals surface area contributed by atoms with Gasteiger partial charge in [-0.25, -0.2) is 4.79 Å². The van der Waals surface area contributed by atoms with Crippen LogP contribution in [0.15, 0.2) is 0 Å². The molecule has 0 aromatic rings. The van der Waals surface area contributed by atoms with Crippen molar-refractivity contribution in [1.82, 2.24) is 4.90 Å². The molecule has 1 saturated heterocycles. The first-order valence-corrected chi connectivity index (χ1v) is 7.26. The second kappa shape index (κ2) is 5.90. The summed E-state index contributed by atoms with van der Waals surface area (Å²) in [6.45, 7) is 0.623. The summed E-state index contributed by atoms with van der Waals surface area (Å²) in [6, 6.07) is -0.436. The average molecular weight is 268 g/mol. The van der Waals surface area contributed by atoms with Crippen LogP contribution in [0.5, 0.6) is 0 Å². The summed E-state index contributed by atoms with van der Waals surface area (Å²) in [6.07, 6.45) is 7.20. The van der Waals surface area contributed by atoms with Crippen molar-refractivity contribution in [2.45, 2.75) is 62.9 Å². The van der Waals surface area contributed by atoms with Crippen LogP contribution in [0.3, 0.4) is 0 Å². The highest BCUT2D eigenvalue weighted by atomic mass is 16.5. The number of esters is 1. The second-order valence-electron chi connectivity index (χ2n) is 5.75. The highest BCUT2D eigenvalue weighted by Gasteiger charge is 2.43. The standard InChI is InChI=1S/C14H24N2O3/c1-19-12(17)11-7-3-6-10-16(11)13(18)14(15)8-4-2-5-9-14/h11H,2-10,15H2,1H3. The minimum atomic E-state index is -0.762. The Hall–Kier alpha value is -1.10. The smallest absolute Gasteiger partial charge is 0.328 e. The monoisotopic (exact) mass is 268 g/mol. The van der Waals surface area contributed by atoms with Gasteiger partial charge in [0.15, 0.2) is 0 Å². The predicted octanol–water partition coefficient (Wildman–Crippen LogP) is 1.20. The van der Waals surface area contributed by atoms with E-state index < -0.39 is 11.6 Å². The predicted molar refractivity (Wildman–Crippen MR) is 71.4 cm³/mol.